The van der Waals surface area contributed by atoms with Gasteiger partial charge >= 0.3 is 18.2 Å². The average Bonchev–Trinajstić information content (AvgIpc) is 1.99. The highest BCUT2D eigenvalue weighted by molar-refractivity contribution is 4.75. The normalized spacial score (nSPS) is 14.6. The van der Waals surface area contributed by atoms with Crippen LogP contribution < -0.4 is 0 Å². The maximum Gasteiger partial charge on any atom is 0.419 e. The van der Waals surface area contributed by atoms with Crippen LogP contribution in [0.5, 0.6) is 0 Å². The number of hydrogen-bond donors (Lipinski definition) is 0. The van der Waals surface area contributed by atoms with Crippen molar-refractivity contribution in [3.8, 4) is 0 Å². The zero-order chi connectivity index (χ0) is 11.6. The minimum atomic E-state index is -5.10. The fourth-order valence-corrected chi connectivity index (χ4v) is 0.484. The maximum atomic E-state index is 12.3. The van der Waals surface area contributed by atoms with E-state index in [0.29, 0.717) is 6.92 Å². The Hall–Kier alpha value is -0.530. The van der Waals surface area contributed by atoms with E-state index in [2.05, 4.69) is 4.74 Å². The number of hydrogen-bond acceptors (Lipinski definition) is 1. The SMILES string of the molecule is CCC(F)(F)C(F)(F)OCC(F)(F)F. The molecule has 86 valence electrons. The molecule has 0 aromatic rings. The first-order valence-electron chi connectivity index (χ1n) is 3.48. The Bertz CT molecular complexity index is 185. The molecule has 0 saturated heterocycles. The molecule has 0 bridgehead atoms. The Morgan fingerprint density at radius 2 is 1.36 bits per heavy atom. The number of alkyl halides is 7. The highest BCUT2D eigenvalue weighted by atomic mass is 19.4. The lowest BCUT2D eigenvalue weighted by atomic mass is 10.2. The van der Waals surface area contributed by atoms with Gasteiger partial charge in [0.05, 0.1) is 0 Å². The van der Waals surface area contributed by atoms with Crippen molar-refractivity contribution in [2.45, 2.75) is 31.6 Å². The van der Waals surface area contributed by atoms with E-state index in [1.54, 1.807) is 0 Å². The second-order valence-corrected chi connectivity index (χ2v) is 2.48. The third-order valence-electron chi connectivity index (χ3n) is 1.29. The van der Waals surface area contributed by atoms with Gasteiger partial charge in [0.1, 0.15) is 6.61 Å². The first-order valence-corrected chi connectivity index (χ1v) is 3.48. The van der Waals surface area contributed by atoms with Crippen molar-refractivity contribution in [3.63, 3.8) is 0 Å². The molecule has 0 aliphatic rings. The summed E-state index contributed by atoms with van der Waals surface area (Å²) in [7, 11) is 0. The van der Waals surface area contributed by atoms with E-state index in [9.17, 15) is 30.7 Å². The van der Waals surface area contributed by atoms with E-state index >= 15 is 0 Å². The van der Waals surface area contributed by atoms with Gasteiger partial charge in [-0.1, -0.05) is 6.92 Å². The van der Waals surface area contributed by atoms with Crippen LogP contribution in [0.4, 0.5) is 30.7 Å². The summed E-state index contributed by atoms with van der Waals surface area (Å²) in [5.41, 5.74) is 0. The Balaban J connectivity index is 4.35. The van der Waals surface area contributed by atoms with E-state index in [1.165, 1.54) is 0 Å². The summed E-state index contributed by atoms with van der Waals surface area (Å²) in [6.07, 6.45) is -11.5. The molecule has 0 N–H and O–H groups in total. The molecule has 8 heteroatoms. The summed E-state index contributed by atoms with van der Waals surface area (Å²) < 4.78 is 86.0. The zero-order valence-electron chi connectivity index (χ0n) is 6.97. The molecule has 0 spiro atoms. The largest absolute Gasteiger partial charge is 0.419 e. The highest BCUT2D eigenvalue weighted by Crippen LogP contribution is 2.38. The number of rotatable bonds is 4. The Kier molecular flexibility index (Phi) is 3.77. The number of ether oxygens (including phenoxy) is 1. The first kappa shape index (κ1) is 13.5. The van der Waals surface area contributed by atoms with E-state index in [-0.39, 0.29) is 0 Å². The van der Waals surface area contributed by atoms with Crippen molar-refractivity contribution in [1.29, 1.82) is 0 Å². The molecule has 0 rings (SSSR count). The van der Waals surface area contributed by atoms with Crippen molar-refractivity contribution in [1.82, 2.24) is 0 Å². The smallest absolute Gasteiger partial charge is 0.306 e. The summed E-state index contributed by atoms with van der Waals surface area (Å²) in [5, 5.41) is 0. The summed E-state index contributed by atoms with van der Waals surface area (Å²) in [4.78, 5) is 0. The lowest BCUT2D eigenvalue weighted by molar-refractivity contribution is -0.367. The molecule has 0 heterocycles. The molecule has 0 aromatic carbocycles. The van der Waals surface area contributed by atoms with Gasteiger partial charge in [0.25, 0.3) is 0 Å². The van der Waals surface area contributed by atoms with Gasteiger partial charge in [-0.05, 0) is 0 Å². The Labute approximate surface area is 74.8 Å². The lowest BCUT2D eigenvalue weighted by Gasteiger charge is -2.25. The Morgan fingerprint density at radius 1 is 0.929 bits per heavy atom. The van der Waals surface area contributed by atoms with Gasteiger partial charge in [0.15, 0.2) is 0 Å². The van der Waals surface area contributed by atoms with Crippen molar-refractivity contribution >= 4 is 0 Å². The van der Waals surface area contributed by atoms with Crippen LogP contribution in [0.1, 0.15) is 13.3 Å². The molecule has 0 aliphatic carbocycles. The third-order valence-corrected chi connectivity index (χ3v) is 1.29. The molecular formula is C6H7F7O. The molecule has 0 saturated carbocycles. The Morgan fingerprint density at radius 3 is 1.64 bits per heavy atom. The van der Waals surface area contributed by atoms with Crippen LogP contribution >= 0.6 is 0 Å². The standard InChI is InChI=1S/C6H7F7O/c1-2-4(7,8)6(12,13)14-3-5(9,10)11/h2-3H2,1H3. The highest BCUT2D eigenvalue weighted by Gasteiger charge is 2.57. The van der Waals surface area contributed by atoms with Crippen molar-refractivity contribution in [2.24, 2.45) is 0 Å². The lowest BCUT2D eigenvalue weighted by Crippen LogP contribution is -2.44. The van der Waals surface area contributed by atoms with Crippen LogP contribution in [-0.4, -0.2) is 24.8 Å². The van der Waals surface area contributed by atoms with Crippen LogP contribution in [0.25, 0.3) is 0 Å². The van der Waals surface area contributed by atoms with Crippen LogP contribution in [-0.2, 0) is 4.74 Å². The monoisotopic (exact) mass is 228 g/mol. The maximum absolute atomic E-state index is 12.3. The van der Waals surface area contributed by atoms with E-state index in [0.717, 1.165) is 0 Å². The van der Waals surface area contributed by atoms with Gasteiger partial charge in [-0.2, -0.15) is 30.7 Å². The van der Waals surface area contributed by atoms with Crippen LogP contribution in [0, 0.1) is 0 Å². The second-order valence-electron chi connectivity index (χ2n) is 2.48. The molecular weight excluding hydrogens is 221 g/mol. The van der Waals surface area contributed by atoms with Gasteiger partial charge in [-0.15, -0.1) is 0 Å². The summed E-state index contributed by atoms with van der Waals surface area (Å²) >= 11 is 0. The van der Waals surface area contributed by atoms with Gasteiger partial charge in [0, 0.05) is 6.42 Å². The van der Waals surface area contributed by atoms with Gasteiger partial charge in [0.2, 0.25) is 0 Å². The zero-order valence-corrected chi connectivity index (χ0v) is 6.97. The molecule has 0 aliphatic heterocycles. The van der Waals surface area contributed by atoms with Gasteiger partial charge in [-0.3, -0.25) is 0 Å². The fraction of sp³-hybridized carbons (Fsp3) is 1.00. The molecule has 0 radical (unpaired) electrons. The second kappa shape index (κ2) is 3.92. The topological polar surface area (TPSA) is 9.23 Å². The quantitative estimate of drug-likeness (QED) is 0.671. The molecule has 0 unspecified atom stereocenters. The molecule has 0 aromatic heterocycles. The molecule has 0 fully saturated rings. The summed E-state index contributed by atoms with van der Waals surface area (Å²) in [5.74, 6) is -4.60. The minimum Gasteiger partial charge on any atom is -0.306 e. The van der Waals surface area contributed by atoms with Crippen LogP contribution in [0.3, 0.4) is 0 Å². The van der Waals surface area contributed by atoms with Crippen LogP contribution in [0.15, 0.2) is 0 Å². The summed E-state index contributed by atoms with van der Waals surface area (Å²) in [6, 6.07) is 0. The predicted octanol–water partition coefficient (Wildman–Crippen LogP) is 3.20. The molecule has 0 atom stereocenters. The number of halogens is 7. The van der Waals surface area contributed by atoms with E-state index in [1.807, 2.05) is 0 Å². The molecule has 1 nitrogen and oxygen atoms in total. The predicted molar refractivity (Wildman–Crippen MR) is 32.2 cm³/mol. The fourth-order valence-electron chi connectivity index (χ4n) is 0.484. The van der Waals surface area contributed by atoms with Gasteiger partial charge in [-0.25, -0.2) is 0 Å². The summed E-state index contributed by atoms with van der Waals surface area (Å²) in [6.45, 7) is -1.69. The van der Waals surface area contributed by atoms with E-state index in [4.69, 9.17) is 0 Å². The molecule has 14 heavy (non-hydrogen) atoms. The van der Waals surface area contributed by atoms with E-state index < -0.39 is 31.2 Å². The van der Waals surface area contributed by atoms with Crippen molar-refractivity contribution in [2.75, 3.05) is 6.61 Å². The molecule has 0 amide bonds. The first-order chi connectivity index (χ1) is 6.02. The minimum absolute atomic E-state index is 0.713. The third kappa shape index (κ3) is 3.69. The van der Waals surface area contributed by atoms with Crippen molar-refractivity contribution < 1.29 is 35.5 Å². The average molecular weight is 228 g/mol. The van der Waals surface area contributed by atoms with Gasteiger partial charge < -0.3 is 4.74 Å². The van der Waals surface area contributed by atoms with Crippen LogP contribution in [0.2, 0.25) is 0 Å². The van der Waals surface area contributed by atoms with Crippen molar-refractivity contribution in [3.05, 3.63) is 0 Å².